The van der Waals surface area contributed by atoms with E-state index in [0.29, 0.717) is 17.8 Å². The number of nitrogens with zero attached hydrogens (tertiary/aromatic N) is 1. The summed E-state index contributed by atoms with van der Waals surface area (Å²) in [5.74, 6) is -0.304. The molecule has 1 unspecified atom stereocenters. The van der Waals surface area contributed by atoms with Crippen LogP contribution < -0.4 is 0 Å². The number of rotatable bonds is 5. The Hall–Kier alpha value is -0.570. The fourth-order valence-electron chi connectivity index (χ4n) is 2.47. The summed E-state index contributed by atoms with van der Waals surface area (Å²) in [4.78, 5) is 13.0. The van der Waals surface area contributed by atoms with Crippen LogP contribution in [0.15, 0.2) is 0 Å². The van der Waals surface area contributed by atoms with E-state index in [1.165, 1.54) is 25.9 Å². The molecule has 1 heterocycles. The first kappa shape index (κ1) is 9.97. The van der Waals surface area contributed by atoms with Gasteiger partial charge >= 0.3 is 5.97 Å². The molecular weight excluding hydrogens is 178 g/mol. The van der Waals surface area contributed by atoms with Gasteiger partial charge in [-0.15, -0.1) is 0 Å². The Kier molecular flexibility index (Phi) is 2.52. The van der Waals surface area contributed by atoms with Crippen LogP contribution in [0.3, 0.4) is 0 Å². The van der Waals surface area contributed by atoms with Crippen molar-refractivity contribution in [2.24, 2.45) is 11.3 Å². The van der Waals surface area contributed by atoms with E-state index >= 15 is 0 Å². The predicted octanol–water partition coefficient (Wildman–Crippen LogP) is 1.58. The lowest BCUT2D eigenvalue weighted by atomic mass is 9.93. The molecule has 80 valence electrons. The molecule has 1 aliphatic heterocycles. The van der Waals surface area contributed by atoms with Gasteiger partial charge in [0.15, 0.2) is 0 Å². The Bertz CT molecular complexity index is 227. The molecule has 2 rings (SSSR count). The van der Waals surface area contributed by atoms with E-state index in [0.717, 1.165) is 13.0 Å². The van der Waals surface area contributed by atoms with Gasteiger partial charge in [0.2, 0.25) is 0 Å². The van der Waals surface area contributed by atoms with Gasteiger partial charge in [-0.2, -0.15) is 0 Å². The Labute approximate surface area is 85.1 Å². The Morgan fingerprint density at radius 3 is 2.57 bits per heavy atom. The molecule has 0 radical (unpaired) electrons. The maximum Gasteiger partial charge on any atom is 0.303 e. The number of carboxylic acids is 1. The third kappa shape index (κ3) is 2.08. The van der Waals surface area contributed by atoms with Gasteiger partial charge in [-0.25, -0.2) is 0 Å². The summed E-state index contributed by atoms with van der Waals surface area (Å²) in [5.41, 5.74) is 0.696. The first-order chi connectivity index (χ1) is 6.63. The Balaban J connectivity index is 1.69. The minimum Gasteiger partial charge on any atom is -0.481 e. The molecule has 0 aromatic rings. The second-order valence-corrected chi connectivity index (χ2v) is 5.04. The molecule has 0 bridgehead atoms. The third-order valence-corrected chi connectivity index (χ3v) is 3.63. The Morgan fingerprint density at radius 2 is 2.14 bits per heavy atom. The van der Waals surface area contributed by atoms with E-state index in [4.69, 9.17) is 5.11 Å². The SMILES string of the molecule is CCC(CC(=O)O)CN1CC2(CC2)C1. The summed E-state index contributed by atoms with van der Waals surface area (Å²) in [6, 6.07) is 0. The number of hydrogen-bond acceptors (Lipinski definition) is 2. The average molecular weight is 197 g/mol. The van der Waals surface area contributed by atoms with Gasteiger partial charge in [-0.3, -0.25) is 4.79 Å². The highest BCUT2D eigenvalue weighted by Gasteiger charge is 2.52. The topological polar surface area (TPSA) is 40.5 Å². The van der Waals surface area contributed by atoms with E-state index in [9.17, 15) is 4.79 Å². The Morgan fingerprint density at radius 1 is 1.50 bits per heavy atom. The van der Waals surface area contributed by atoms with Crippen molar-refractivity contribution in [3.63, 3.8) is 0 Å². The van der Waals surface area contributed by atoms with Gasteiger partial charge in [-0.05, 0) is 24.2 Å². The lowest BCUT2D eigenvalue weighted by Crippen LogP contribution is -2.50. The summed E-state index contributed by atoms with van der Waals surface area (Å²) in [5, 5.41) is 8.72. The van der Waals surface area contributed by atoms with E-state index in [-0.39, 0.29) is 0 Å². The zero-order chi connectivity index (χ0) is 10.2. The minimum atomic E-state index is -0.654. The normalized spacial score (nSPS) is 25.8. The lowest BCUT2D eigenvalue weighted by molar-refractivity contribution is -0.138. The highest BCUT2D eigenvalue weighted by molar-refractivity contribution is 5.67. The number of likely N-dealkylation sites (tertiary alicyclic amines) is 1. The van der Waals surface area contributed by atoms with Crippen molar-refractivity contribution in [3.05, 3.63) is 0 Å². The average Bonchev–Trinajstić information content (AvgIpc) is 2.81. The highest BCUT2D eigenvalue weighted by atomic mass is 16.4. The second-order valence-electron chi connectivity index (χ2n) is 5.04. The molecule has 0 amide bonds. The van der Waals surface area contributed by atoms with E-state index in [1.54, 1.807) is 0 Å². The summed E-state index contributed by atoms with van der Waals surface area (Å²) in [7, 11) is 0. The van der Waals surface area contributed by atoms with Crippen LogP contribution in [0.5, 0.6) is 0 Å². The van der Waals surface area contributed by atoms with Gasteiger partial charge in [0.25, 0.3) is 0 Å². The van der Waals surface area contributed by atoms with Crippen molar-refractivity contribution in [1.29, 1.82) is 0 Å². The van der Waals surface area contributed by atoms with Crippen LogP contribution >= 0.6 is 0 Å². The van der Waals surface area contributed by atoms with Crippen LogP contribution in [0.1, 0.15) is 32.6 Å². The van der Waals surface area contributed by atoms with Gasteiger partial charge in [-0.1, -0.05) is 13.3 Å². The molecule has 1 N–H and O–H groups in total. The minimum absolute atomic E-state index is 0.333. The molecule has 0 aromatic heterocycles. The van der Waals surface area contributed by atoms with Gasteiger partial charge < -0.3 is 10.0 Å². The van der Waals surface area contributed by atoms with Crippen molar-refractivity contribution in [1.82, 2.24) is 4.90 Å². The first-order valence-electron chi connectivity index (χ1n) is 5.58. The summed E-state index contributed by atoms with van der Waals surface area (Å²) >= 11 is 0. The number of carbonyl (C=O) groups is 1. The van der Waals surface area contributed by atoms with Crippen LogP contribution in [0.2, 0.25) is 0 Å². The quantitative estimate of drug-likeness (QED) is 0.727. The summed E-state index contributed by atoms with van der Waals surface area (Å²) < 4.78 is 0. The van der Waals surface area contributed by atoms with Gasteiger partial charge in [0.1, 0.15) is 0 Å². The molecule has 2 fully saturated rings. The van der Waals surface area contributed by atoms with Crippen molar-refractivity contribution in [2.75, 3.05) is 19.6 Å². The summed E-state index contributed by atoms with van der Waals surface area (Å²) in [6.45, 7) is 5.52. The fourth-order valence-corrected chi connectivity index (χ4v) is 2.47. The lowest BCUT2D eigenvalue weighted by Gasteiger charge is -2.41. The number of carboxylic acid groups (broad SMARTS) is 1. The zero-order valence-electron chi connectivity index (χ0n) is 8.83. The van der Waals surface area contributed by atoms with Crippen LogP contribution in [0, 0.1) is 11.3 Å². The molecule has 3 nitrogen and oxygen atoms in total. The monoisotopic (exact) mass is 197 g/mol. The molecule has 1 spiro atoms. The van der Waals surface area contributed by atoms with Crippen LogP contribution in [0.4, 0.5) is 0 Å². The summed E-state index contributed by atoms with van der Waals surface area (Å²) in [6.07, 6.45) is 4.12. The first-order valence-corrected chi connectivity index (χ1v) is 5.58. The molecule has 1 saturated heterocycles. The second kappa shape index (κ2) is 3.54. The maximum atomic E-state index is 10.6. The predicted molar refractivity (Wildman–Crippen MR) is 54.1 cm³/mol. The molecular formula is C11H19NO2. The van der Waals surface area contributed by atoms with Gasteiger partial charge in [0.05, 0.1) is 0 Å². The number of aliphatic carboxylic acids is 1. The molecule has 14 heavy (non-hydrogen) atoms. The van der Waals surface area contributed by atoms with Crippen molar-refractivity contribution >= 4 is 5.97 Å². The van der Waals surface area contributed by atoms with E-state index in [2.05, 4.69) is 11.8 Å². The highest BCUT2D eigenvalue weighted by Crippen LogP contribution is 2.52. The van der Waals surface area contributed by atoms with Crippen LogP contribution in [-0.2, 0) is 4.79 Å². The van der Waals surface area contributed by atoms with Crippen LogP contribution in [-0.4, -0.2) is 35.6 Å². The smallest absolute Gasteiger partial charge is 0.303 e. The van der Waals surface area contributed by atoms with Crippen molar-refractivity contribution in [3.8, 4) is 0 Å². The zero-order valence-corrected chi connectivity index (χ0v) is 8.83. The van der Waals surface area contributed by atoms with Gasteiger partial charge in [0, 0.05) is 26.1 Å². The molecule has 1 atom stereocenters. The van der Waals surface area contributed by atoms with Crippen LogP contribution in [0.25, 0.3) is 0 Å². The van der Waals surface area contributed by atoms with E-state index in [1.807, 2.05) is 0 Å². The molecule has 2 aliphatic rings. The fraction of sp³-hybridized carbons (Fsp3) is 0.909. The molecule has 1 saturated carbocycles. The maximum absolute atomic E-state index is 10.6. The largest absolute Gasteiger partial charge is 0.481 e. The van der Waals surface area contributed by atoms with Crippen molar-refractivity contribution in [2.45, 2.75) is 32.6 Å². The molecule has 0 aromatic carbocycles. The number of hydrogen-bond donors (Lipinski definition) is 1. The standard InChI is InChI=1S/C11H19NO2/c1-2-9(5-10(13)14)6-12-7-11(8-12)3-4-11/h9H,2-8H2,1H3,(H,13,14). The van der Waals surface area contributed by atoms with E-state index < -0.39 is 5.97 Å². The molecule has 3 heteroatoms. The van der Waals surface area contributed by atoms with Crippen molar-refractivity contribution < 1.29 is 9.90 Å². The third-order valence-electron chi connectivity index (χ3n) is 3.63. The molecule has 1 aliphatic carbocycles.